The van der Waals surface area contributed by atoms with Crippen LogP contribution >= 0.6 is 23.7 Å². The topological polar surface area (TPSA) is 75.4 Å². The molecule has 1 aromatic heterocycles. The smallest absolute Gasteiger partial charge is 0.264 e. The molecule has 0 aliphatic heterocycles. The lowest BCUT2D eigenvalue weighted by Gasteiger charge is -2.30. The van der Waals surface area contributed by atoms with Gasteiger partial charge in [-0.2, -0.15) is 0 Å². The van der Waals surface area contributed by atoms with Crippen LogP contribution in [0.15, 0.2) is 17.5 Å². The van der Waals surface area contributed by atoms with Crippen molar-refractivity contribution >= 4 is 35.6 Å². The first-order chi connectivity index (χ1) is 10.6. The lowest BCUT2D eigenvalue weighted by atomic mass is 9.84. The summed E-state index contributed by atoms with van der Waals surface area (Å²) < 4.78 is 0. The number of carbonyl (C=O) groups is 2. The molecule has 1 saturated carbocycles. The molecule has 2 rings (SSSR count). The Labute approximate surface area is 148 Å². The lowest BCUT2D eigenvalue weighted by molar-refractivity contribution is -0.122. The third-order valence-corrected chi connectivity index (χ3v) is 5.14. The third kappa shape index (κ3) is 5.79. The standard InChI is InChI=1S/C16H25N3O2S.ClH/c1-19(16(21)14-8-5-9-22-14)11-15(20)18-13(10-17)12-6-3-2-4-7-12;/h5,8-9,12-13H,2-4,6-7,10-11,17H2,1H3,(H,18,20);1H. The number of thiophene rings is 1. The van der Waals surface area contributed by atoms with Crippen LogP contribution in [0.25, 0.3) is 0 Å². The zero-order valence-corrected chi connectivity index (χ0v) is 15.1. The number of nitrogens with zero attached hydrogens (tertiary/aromatic N) is 1. The average Bonchev–Trinajstić information content (AvgIpc) is 3.07. The first-order valence-electron chi connectivity index (χ1n) is 7.90. The second kappa shape index (κ2) is 9.90. The van der Waals surface area contributed by atoms with Gasteiger partial charge in [0.2, 0.25) is 5.91 Å². The van der Waals surface area contributed by atoms with E-state index in [2.05, 4.69) is 5.32 Å². The number of rotatable bonds is 6. The Bertz CT molecular complexity index is 490. The maximum Gasteiger partial charge on any atom is 0.264 e. The molecule has 0 aromatic carbocycles. The van der Waals surface area contributed by atoms with Crippen LogP contribution in [0.5, 0.6) is 0 Å². The normalized spacial score (nSPS) is 16.3. The van der Waals surface area contributed by atoms with E-state index in [1.807, 2.05) is 11.4 Å². The van der Waals surface area contributed by atoms with Crippen LogP contribution in [0.4, 0.5) is 0 Å². The van der Waals surface area contributed by atoms with Crippen LogP contribution < -0.4 is 11.1 Å². The molecule has 1 aliphatic carbocycles. The fourth-order valence-corrected chi connectivity index (χ4v) is 3.75. The van der Waals surface area contributed by atoms with Crippen LogP contribution in [0.1, 0.15) is 41.8 Å². The number of nitrogens with two attached hydrogens (primary N) is 1. The largest absolute Gasteiger partial charge is 0.350 e. The highest BCUT2D eigenvalue weighted by atomic mass is 35.5. The number of hydrogen-bond donors (Lipinski definition) is 2. The van der Waals surface area contributed by atoms with Gasteiger partial charge in [-0.25, -0.2) is 0 Å². The van der Waals surface area contributed by atoms with Gasteiger partial charge in [0.15, 0.2) is 0 Å². The molecule has 0 spiro atoms. The first kappa shape index (κ1) is 19.9. The van der Waals surface area contributed by atoms with Gasteiger partial charge < -0.3 is 16.0 Å². The van der Waals surface area contributed by atoms with Gasteiger partial charge in [0.1, 0.15) is 0 Å². The van der Waals surface area contributed by atoms with Gasteiger partial charge >= 0.3 is 0 Å². The fraction of sp³-hybridized carbons (Fsp3) is 0.625. The molecule has 0 saturated heterocycles. The third-order valence-electron chi connectivity index (χ3n) is 4.28. The Morgan fingerprint density at radius 1 is 1.39 bits per heavy atom. The Morgan fingerprint density at radius 3 is 2.65 bits per heavy atom. The molecular formula is C16H26ClN3O2S. The Kier molecular flexibility index (Phi) is 8.58. The molecule has 0 bridgehead atoms. The Hall–Kier alpha value is -1.11. The highest BCUT2D eigenvalue weighted by Gasteiger charge is 2.25. The second-order valence-electron chi connectivity index (χ2n) is 5.95. The van der Waals surface area contributed by atoms with Crippen LogP contribution in [0.3, 0.4) is 0 Å². The zero-order valence-electron chi connectivity index (χ0n) is 13.5. The zero-order chi connectivity index (χ0) is 15.9. The molecule has 5 nitrogen and oxygen atoms in total. The molecule has 0 radical (unpaired) electrons. The van der Waals surface area contributed by atoms with E-state index >= 15 is 0 Å². The summed E-state index contributed by atoms with van der Waals surface area (Å²) in [6.07, 6.45) is 5.97. The summed E-state index contributed by atoms with van der Waals surface area (Å²) in [4.78, 5) is 26.4. The first-order valence-corrected chi connectivity index (χ1v) is 8.78. The minimum absolute atomic E-state index is 0. The van der Waals surface area contributed by atoms with Gasteiger partial charge in [-0.1, -0.05) is 25.3 Å². The highest BCUT2D eigenvalue weighted by Crippen LogP contribution is 2.26. The van der Waals surface area contributed by atoms with E-state index in [0.717, 1.165) is 12.8 Å². The number of halogens is 1. The van der Waals surface area contributed by atoms with Crippen molar-refractivity contribution < 1.29 is 9.59 Å². The molecule has 2 amide bonds. The molecule has 1 aromatic rings. The monoisotopic (exact) mass is 359 g/mol. The number of likely N-dealkylation sites (N-methyl/N-ethyl adjacent to an activating group) is 1. The van der Waals surface area contributed by atoms with Crippen molar-refractivity contribution in [3.05, 3.63) is 22.4 Å². The Morgan fingerprint density at radius 2 is 2.09 bits per heavy atom. The summed E-state index contributed by atoms with van der Waals surface area (Å²) in [5.41, 5.74) is 5.83. The van der Waals surface area contributed by atoms with Gasteiger partial charge in [-0.15, -0.1) is 23.7 Å². The van der Waals surface area contributed by atoms with Crippen molar-refractivity contribution in [1.82, 2.24) is 10.2 Å². The van der Waals surface area contributed by atoms with Gasteiger partial charge in [-0.3, -0.25) is 9.59 Å². The Balaban J connectivity index is 0.00000264. The van der Waals surface area contributed by atoms with Crippen molar-refractivity contribution in [2.24, 2.45) is 11.7 Å². The van der Waals surface area contributed by atoms with Crippen LogP contribution in [-0.4, -0.2) is 42.9 Å². The van der Waals surface area contributed by atoms with E-state index in [1.165, 1.54) is 35.5 Å². The summed E-state index contributed by atoms with van der Waals surface area (Å²) in [5.74, 6) is 0.224. The quantitative estimate of drug-likeness (QED) is 0.818. The summed E-state index contributed by atoms with van der Waals surface area (Å²) in [6.45, 7) is 0.527. The van der Waals surface area contributed by atoms with E-state index in [9.17, 15) is 9.59 Å². The minimum atomic E-state index is -0.131. The molecule has 1 aliphatic rings. The van der Waals surface area contributed by atoms with Crippen molar-refractivity contribution in [3.63, 3.8) is 0 Å². The van der Waals surface area contributed by atoms with E-state index in [4.69, 9.17) is 5.73 Å². The summed E-state index contributed by atoms with van der Waals surface area (Å²) in [6, 6.07) is 3.63. The van der Waals surface area contributed by atoms with Crippen molar-refractivity contribution in [3.8, 4) is 0 Å². The summed E-state index contributed by atoms with van der Waals surface area (Å²) in [5, 5.41) is 4.87. The molecule has 1 heterocycles. The van der Waals surface area contributed by atoms with Gasteiger partial charge in [-0.05, 0) is 30.2 Å². The van der Waals surface area contributed by atoms with Crippen molar-refractivity contribution in [1.29, 1.82) is 0 Å². The number of carbonyl (C=O) groups excluding carboxylic acids is 2. The predicted octanol–water partition coefficient (Wildman–Crippen LogP) is 2.27. The van der Waals surface area contributed by atoms with Crippen molar-refractivity contribution in [2.75, 3.05) is 20.1 Å². The van der Waals surface area contributed by atoms with E-state index in [0.29, 0.717) is 17.3 Å². The highest BCUT2D eigenvalue weighted by molar-refractivity contribution is 7.12. The van der Waals surface area contributed by atoms with Crippen LogP contribution in [-0.2, 0) is 4.79 Å². The van der Waals surface area contributed by atoms with Gasteiger partial charge in [0.25, 0.3) is 5.91 Å². The minimum Gasteiger partial charge on any atom is -0.350 e. The summed E-state index contributed by atoms with van der Waals surface area (Å²) >= 11 is 1.38. The fourth-order valence-electron chi connectivity index (χ4n) is 3.03. The molecule has 7 heteroatoms. The van der Waals surface area contributed by atoms with Crippen LogP contribution in [0.2, 0.25) is 0 Å². The molecule has 23 heavy (non-hydrogen) atoms. The number of nitrogens with one attached hydrogen (secondary N) is 1. The molecule has 1 atom stereocenters. The maximum absolute atomic E-state index is 12.2. The lowest BCUT2D eigenvalue weighted by Crippen LogP contribution is -2.49. The van der Waals surface area contributed by atoms with E-state index in [1.54, 1.807) is 13.1 Å². The predicted molar refractivity (Wildman–Crippen MR) is 96.1 cm³/mol. The summed E-state index contributed by atoms with van der Waals surface area (Å²) in [7, 11) is 1.65. The van der Waals surface area contributed by atoms with Gasteiger partial charge in [0, 0.05) is 19.6 Å². The second-order valence-corrected chi connectivity index (χ2v) is 6.89. The SMILES string of the molecule is CN(CC(=O)NC(CN)C1CCCCC1)C(=O)c1cccs1.Cl. The molecule has 130 valence electrons. The molecule has 3 N–H and O–H groups in total. The number of hydrogen-bond acceptors (Lipinski definition) is 4. The van der Waals surface area contributed by atoms with Crippen molar-refractivity contribution in [2.45, 2.75) is 38.1 Å². The molecule has 1 unspecified atom stereocenters. The van der Waals surface area contributed by atoms with Gasteiger partial charge in [0.05, 0.1) is 11.4 Å². The van der Waals surface area contributed by atoms with E-state index < -0.39 is 0 Å². The molecular weight excluding hydrogens is 334 g/mol. The van der Waals surface area contributed by atoms with Crippen LogP contribution in [0, 0.1) is 5.92 Å². The van der Waals surface area contributed by atoms with E-state index in [-0.39, 0.29) is 36.8 Å². The number of amides is 2. The average molecular weight is 360 g/mol. The maximum atomic E-state index is 12.2. The molecule has 1 fully saturated rings.